The number of thiophene rings is 2. The number of aryl methyl sites for hydroxylation is 2. The number of nitrogens with zero attached hydrogens (tertiary/aromatic N) is 4. The van der Waals surface area contributed by atoms with Crippen LogP contribution in [-0.2, 0) is 68.9 Å². The van der Waals surface area contributed by atoms with Crippen molar-refractivity contribution in [2.75, 3.05) is 26.4 Å². The van der Waals surface area contributed by atoms with Gasteiger partial charge in [-0.15, -0.1) is 22.7 Å². The van der Waals surface area contributed by atoms with Gasteiger partial charge < -0.3 is 18.9 Å². The maximum absolute atomic E-state index is 12.0. The van der Waals surface area contributed by atoms with Crippen molar-refractivity contribution in [2.24, 2.45) is 0 Å². The quantitative estimate of drug-likeness (QED) is 0.0872. The summed E-state index contributed by atoms with van der Waals surface area (Å²) in [4.78, 5) is 1.18. The maximum atomic E-state index is 12.0. The van der Waals surface area contributed by atoms with Crippen molar-refractivity contribution in [3.63, 3.8) is 0 Å². The molecule has 4 aromatic heterocycles. The average molecular weight is 853 g/mol. The van der Waals surface area contributed by atoms with E-state index in [9.17, 15) is 25.9 Å². The molecule has 14 nitrogen and oxygen atoms in total. The Kier molecular flexibility index (Phi) is 11.1. The van der Waals surface area contributed by atoms with Gasteiger partial charge in [0.1, 0.15) is 11.5 Å². The summed E-state index contributed by atoms with van der Waals surface area (Å²) < 4.78 is 95.2. The normalized spacial score (nSPS) is 13.8. The highest BCUT2D eigenvalue weighted by Gasteiger charge is 2.31. The van der Waals surface area contributed by atoms with Gasteiger partial charge in [-0.25, -0.2) is 0 Å². The Labute approximate surface area is 338 Å². The monoisotopic (exact) mass is 852 g/mol. The van der Waals surface area contributed by atoms with Crippen molar-refractivity contribution in [1.82, 2.24) is 19.6 Å². The third-order valence-corrected chi connectivity index (χ3v) is 14.6. The summed E-state index contributed by atoms with van der Waals surface area (Å²) in [6.45, 7) is 6.77. The van der Waals surface area contributed by atoms with Gasteiger partial charge in [0.25, 0.3) is 0 Å². The topological polar surface area (TPSA) is 181 Å². The average Bonchev–Trinajstić information content (AvgIpc) is 3.89. The molecule has 6 heterocycles. The number of fused-ring (bicyclic) bond motifs is 6. The summed E-state index contributed by atoms with van der Waals surface area (Å²) in [5, 5.41) is 9.89. The molecule has 0 unspecified atom stereocenters. The number of benzene rings is 2. The van der Waals surface area contributed by atoms with E-state index in [1.165, 1.54) is 12.1 Å². The lowest BCUT2D eigenvalue weighted by atomic mass is 10.1. The van der Waals surface area contributed by atoms with E-state index in [0.717, 1.165) is 78.8 Å². The van der Waals surface area contributed by atoms with E-state index in [0.29, 0.717) is 80.0 Å². The lowest BCUT2D eigenvalue weighted by Gasteiger charge is -2.08. The van der Waals surface area contributed by atoms with Crippen LogP contribution in [0.2, 0.25) is 0 Å². The van der Waals surface area contributed by atoms with E-state index >= 15 is 0 Å². The highest BCUT2D eigenvalue weighted by atomic mass is 32.3. The molecule has 0 spiro atoms. The second kappa shape index (κ2) is 16.1. The second-order valence-electron chi connectivity index (χ2n) is 14.0. The fourth-order valence-electron chi connectivity index (χ4n) is 6.96. The van der Waals surface area contributed by atoms with Crippen molar-refractivity contribution in [1.29, 1.82) is 0 Å². The Morgan fingerprint density at radius 2 is 1.07 bits per heavy atom. The fraction of sp³-hybridized carbons (Fsp3) is 0.333. The van der Waals surface area contributed by atoms with E-state index in [1.54, 1.807) is 0 Å². The van der Waals surface area contributed by atoms with Crippen molar-refractivity contribution in [3.05, 3.63) is 105 Å². The summed E-state index contributed by atoms with van der Waals surface area (Å²) in [7, 11) is -8.85. The van der Waals surface area contributed by atoms with E-state index < -0.39 is 20.2 Å². The molecule has 2 aliphatic rings. The third-order valence-electron chi connectivity index (χ3n) is 9.74. The Hall–Kier alpha value is -4.40. The van der Waals surface area contributed by atoms with Gasteiger partial charge in [0.05, 0.1) is 72.0 Å². The Bertz CT molecular complexity index is 2460. The van der Waals surface area contributed by atoms with Crippen LogP contribution in [0.15, 0.2) is 69.1 Å². The molecular weight excluding hydrogens is 813 g/mol. The third kappa shape index (κ3) is 8.59. The molecule has 300 valence electrons. The van der Waals surface area contributed by atoms with E-state index in [1.807, 2.05) is 71.7 Å². The van der Waals surface area contributed by atoms with Gasteiger partial charge >= 0.3 is 20.2 Å². The van der Waals surface area contributed by atoms with Crippen LogP contribution in [0.5, 0.6) is 11.5 Å². The number of aromatic nitrogens is 4. The zero-order valence-corrected chi connectivity index (χ0v) is 34.4. The summed E-state index contributed by atoms with van der Waals surface area (Å²) in [5.41, 5.74) is 9.08. The molecule has 0 aliphatic carbocycles. The van der Waals surface area contributed by atoms with Crippen molar-refractivity contribution in [3.8, 4) is 32.6 Å². The Balaban J connectivity index is 0.958. The highest BCUT2D eigenvalue weighted by Crippen LogP contribution is 2.46. The van der Waals surface area contributed by atoms with Crippen LogP contribution in [0.1, 0.15) is 51.2 Å². The Morgan fingerprint density at radius 1 is 0.667 bits per heavy atom. The molecule has 2 aliphatic heterocycles. The molecule has 0 saturated heterocycles. The first-order chi connectivity index (χ1) is 27.3. The smallest absolute Gasteiger partial charge is 0.304 e. The van der Waals surface area contributed by atoms with Crippen LogP contribution < -0.4 is 9.47 Å². The molecule has 0 radical (unpaired) electrons. The predicted octanol–water partition coefficient (Wildman–Crippen LogP) is 6.74. The molecule has 18 heteroatoms. The standard InChI is InChI=1S/C39H40N4O10S4/c1-24-4-8-26(9-5-24)20-42-36-28(12-16-52-32-18-34(54-38(32)36)56(44,45)46)30(40-42)22-50-14-3-15-51-23-31-29-13-17-53-33-19-35(57(47,48)49)55-39(33)37(29)43(41-31)21-27-10-6-25(2)7-11-27/h4-11,18-19H,3,12-17,20-23H2,1-2H3,(H,44,45,46)(H,47,48,49). The van der Waals surface area contributed by atoms with Crippen LogP contribution in [0, 0.1) is 13.8 Å². The molecule has 2 aromatic carbocycles. The molecule has 0 amide bonds. The molecule has 0 atom stereocenters. The van der Waals surface area contributed by atoms with Crippen molar-refractivity contribution < 1.29 is 44.9 Å². The fourth-order valence-corrected chi connectivity index (χ4v) is 10.6. The van der Waals surface area contributed by atoms with Gasteiger partial charge in [-0.05, 0) is 31.4 Å². The lowest BCUT2D eigenvalue weighted by molar-refractivity contribution is 0.0665. The molecule has 8 rings (SSSR count). The number of ether oxygens (including phenoxy) is 4. The van der Waals surface area contributed by atoms with Gasteiger partial charge in [-0.1, -0.05) is 59.7 Å². The molecule has 0 bridgehead atoms. The molecule has 2 N–H and O–H groups in total. The zero-order chi connectivity index (χ0) is 39.9. The van der Waals surface area contributed by atoms with Crippen LogP contribution in [0.4, 0.5) is 0 Å². The first-order valence-electron chi connectivity index (χ1n) is 18.2. The van der Waals surface area contributed by atoms with Gasteiger partial charge in [0.15, 0.2) is 8.42 Å². The van der Waals surface area contributed by atoms with Crippen LogP contribution >= 0.6 is 22.7 Å². The molecule has 0 saturated carbocycles. The molecule has 6 aromatic rings. The predicted molar refractivity (Wildman–Crippen MR) is 214 cm³/mol. The van der Waals surface area contributed by atoms with Crippen LogP contribution in [-0.4, -0.2) is 71.9 Å². The highest BCUT2D eigenvalue weighted by molar-refractivity contribution is 7.88. The second-order valence-corrected chi connectivity index (χ2v) is 19.4. The number of hydrogen-bond donors (Lipinski definition) is 2. The van der Waals surface area contributed by atoms with Crippen molar-refractivity contribution in [2.45, 2.75) is 67.8 Å². The maximum Gasteiger partial charge on any atom is 0.304 e. The lowest BCUT2D eigenvalue weighted by Crippen LogP contribution is -2.07. The minimum absolute atomic E-state index is 0.189. The molecular formula is C39H40N4O10S4. The number of rotatable bonds is 14. The minimum Gasteiger partial charge on any atom is -0.492 e. The number of hydrogen-bond acceptors (Lipinski definition) is 12. The summed E-state index contributed by atoms with van der Waals surface area (Å²) in [6.07, 6.45) is 1.68. The minimum atomic E-state index is -4.43. The first kappa shape index (κ1) is 39.4. The Morgan fingerprint density at radius 3 is 1.46 bits per heavy atom. The van der Waals surface area contributed by atoms with Gasteiger partial charge in [0.2, 0.25) is 0 Å². The van der Waals surface area contributed by atoms with Gasteiger partial charge in [-0.3, -0.25) is 18.5 Å². The molecule has 57 heavy (non-hydrogen) atoms. The van der Waals surface area contributed by atoms with E-state index in [4.69, 9.17) is 29.1 Å². The largest absolute Gasteiger partial charge is 0.492 e. The van der Waals surface area contributed by atoms with E-state index in [2.05, 4.69) is 0 Å². The summed E-state index contributed by atoms with van der Waals surface area (Å²) >= 11 is 1.91. The van der Waals surface area contributed by atoms with Crippen LogP contribution in [0.3, 0.4) is 0 Å². The summed E-state index contributed by atoms with van der Waals surface area (Å²) in [5.74, 6) is 0.785. The van der Waals surface area contributed by atoms with Gasteiger partial charge in [-0.2, -0.15) is 27.0 Å². The van der Waals surface area contributed by atoms with Crippen LogP contribution in [0.25, 0.3) is 21.1 Å². The zero-order valence-electron chi connectivity index (χ0n) is 31.1. The SMILES string of the molecule is Cc1ccc(Cn2nc(COCCCOCc3nn(Cc4ccc(C)cc4)c4c3CCOc3cc(S(=O)(=O)O)sc3-4)c3c2-c2sc(S(=O)(=O)O)cc2OCC3)cc1. The summed E-state index contributed by atoms with van der Waals surface area (Å²) in [6, 6.07) is 19.0. The molecule has 0 fully saturated rings. The van der Waals surface area contributed by atoms with Crippen molar-refractivity contribution >= 4 is 42.9 Å². The first-order valence-corrected chi connectivity index (χ1v) is 22.8. The van der Waals surface area contributed by atoms with Gasteiger partial charge in [0, 0.05) is 49.3 Å². The van der Waals surface area contributed by atoms with E-state index in [-0.39, 0.29) is 21.6 Å².